The van der Waals surface area contributed by atoms with Crippen molar-refractivity contribution in [3.8, 4) is 0 Å². The summed E-state index contributed by atoms with van der Waals surface area (Å²) in [4.78, 5) is 24.4. The fraction of sp³-hybridized carbons (Fsp3) is 0.909. The van der Waals surface area contributed by atoms with Gasteiger partial charge in [0.2, 0.25) is 11.8 Å². The van der Waals surface area contributed by atoms with Crippen LogP contribution in [0.5, 0.6) is 0 Å². The van der Waals surface area contributed by atoms with Crippen molar-refractivity contribution in [3.63, 3.8) is 0 Å². The summed E-state index contributed by atoms with van der Waals surface area (Å²) in [5.41, 5.74) is 0. The van der Waals surface area contributed by atoms with Gasteiger partial charge < -0.3 is 10.6 Å². The first-order chi connectivity index (χ1) is 12.4. The van der Waals surface area contributed by atoms with Crippen LogP contribution in [0.2, 0.25) is 0 Å². The van der Waals surface area contributed by atoms with Gasteiger partial charge in [0.05, 0.1) is 0 Å². The summed E-state index contributed by atoms with van der Waals surface area (Å²) in [7, 11) is 0. The standard InChI is InChI=1S/C22H40N2O2/c1-15-9-7-11-19(17(15)3)23-21(25)13-5-6-14-22(26)24-20-12-8-10-16(2)18(20)4/h15-20H,5-14H2,1-4H3,(H,23,25)(H,24,26)/t15-,16+,17-,18-,19+,20-/m1/s1. The predicted octanol–water partition coefficient (Wildman–Crippen LogP) is 4.43. The molecular weight excluding hydrogens is 324 g/mol. The van der Waals surface area contributed by atoms with Gasteiger partial charge in [0, 0.05) is 24.9 Å². The van der Waals surface area contributed by atoms with Crippen molar-refractivity contribution in [1.82, 2.24) is 10.6 Å². The van der Waals surface area contributed by atoms with Gasteiger partial charge in [-0.15, -0.1) is 0 Å². The van der Waals surface area contributed by atoms with Crippen LogP contribution in [0.25, 0.3) is 0 Å². The lowest BCUT2D eigenvalue weighted by Gasteiger charge is -2.34. The third kappa shape index (κ3) is 6.28. The van der Waals surface area contributed by atoms with E-state index in [9.17, 15) is 9.59 Å². The summed E-state index contributed by atoms with van der Waals surface area (Å²) in [6.45, 7) is 9.09. The number of carbonyl (C=O) groups is 2. The molecule has 0 spiro atoms. The Morgan fingerprint density at radius 3 is 1.46 bits per heavy atom. The molecule has 2 aliphatic carbocycles. The van der Waals surface area contributed by atoms with Gasteiger partial charge in [0.15, 0.2) is 0 Å². The second-order valence-electron chi connectivity index (χ2n) is 9.09. The van der Waals surface area contributed by atoms with Gasteiger partial charge in [0.25, 0.3) is 0 Å². The highest BCUT2D eigenvalue weighted by Crippen LogP contribution is 2.30. The van der Waals surface area contributed by atoms with Gasteiger partial charge in [-0.05, 0) is 49.4 Å². The highest BCUT2D eigenvalue weighted by Gasteiger charge is 2.29. The van der Waals surface area contributed by atoms with Crippen molar-refractivity contribution in [2.24, 2.45) is 23.7 Å². The molecule has 150 valence electrons. The van der Waals surface area contributed by atoms with Crippen LogP contribution in [0, 0.1) is 23.7 Å². The third-order valence-electron chi connectivity index (χ3n) is 7.16. The number of hydrogen-bond donors (Lipinski definition) is 2. The predicted molar refractivity (Wildman–Crippen MR) is 107 cm³/mol. The average molecular weight is 365 g/mol. The Labute approximate surface area is 160 Å². The molecule has 2 saturated carbocycles. The Morgan fingerprint density at radius 1 is 0.692 bits per heavy atom. The monoisotopic (exact) mass is 364 g/mol. The molecule has 0 bridgehead atoms. The van der Waals surface area contributed by atoms with E-state index in [2.05, 4.69) is 38.3 Å². The first-order valence-corrected chi connectivity index (χ1v) is 11.0. The summed E-state index contributed by atoms with van der Waals surface area (Å²) in [6.07, 6.45) is 9.89. The molecule has 0 aromatic carbocycles. The molecule has 0 unspecified atom stereocenters. The molecule has 2 aliphatic rings. The molecule has 4 nitrogen and oxygen atoms in total. The second-order valence-corrected chi connectivity index (χ2v) is 9.09. The molecule has 26 heavy (non-hydrogen) atoms. The van der Waals surface area contributed by atoms with Crippen molar-refractivity contribution in [2.75, 3.05) is 0 Å². The number of unbranched alkanes of at least 4 members (excludes halogenated alkanes) is 1. The molecule has 0 saturated heterocycles. The summed E-state index contributed by atoms with van der Waals surface area (Å²) in [6, 6.07) is 0.675. The molecule has 2 amide bonds. The molecule has 2 fully saturated rings. The largest absolute Gasteiger partial charge is 0.353 e. The molecule has 0 aliphatic heterocycles. The quantitative estimate of drug-likeness (QED) is 0.657. The number of hydrogen-bond acceptors (Lipinski definition) is 2. The van der Waals surface area contributed by atoms with Crippen LogP contribution in [0.1, 0.15) is 91.9 Å². The lowest BCUT2D eigenvalue weighted by Crippen LogP contribution is -2.44. The van der Waals surface area contributed by atoms with Crippen LogP contribution in [0.4, 0.5) is 0 Å². The maximum Gasteiger partial charge on any atom is 0.220 e. The van der Waals surface area contributed by atoms with Crippen LogP contribution in [0.3, 0.4) is 0 Å². The van der Waals surface area contributed by atoms with E-state index in [1.54, 1.807) is 0 Å². The molecule has 0 heterocycles. The van der Waals surface area contributed by atoms with Gasteiger partial charge in [-0.3, -0.25) is 9.59 Å². The highest BCUT2D eigenvalue weighted by molar-refractivity contribution is 5.77. The number of nitrogens with one attached hydrogen (secondary N) is 2. The lowest BCUT2D eigenvalue weighted by atomic mass is 9.78. The van der Waals surface area contributed by atoms with E-state index in [0.717, 1.165) is 25.7 Å². The minimum Gasteiger partial charge on any atom is -0.353 e. The molecule has 0 aromatic heterocycles. The van der Waals surface area contributed by atoms with Crippen LogP contribution in [-0.2, 0) is 9.59 Å². The van der Waals surface area contributed by atoms with Gasteiger partial charge in [-0.1, -0.05) is 53.4 Å². The Hall–Kier alpha value is -1.06. The fourth-order valence-electron chi connectivity index (χ4n) is 4.70. The Balaban J connectivity index is 1.59. The number of rotatable bonds is 7. The van der Waals surface area contributed by atoms with E-state index >= 15 is 0 Å². The zero-order valence-corrected chi connectivity index (χ0v) is 17.4. The molecular formula is C22H40N2O2. The first kappa shape index (κ1) is 21.2. The molecule has 0 radical (unpaired) electrons. The van der Waals surface area contributed by atoms with Gasteiger partial charge in [-0.2, -0.15) is 0 Å². The molecule has 2 N–H and O–H groups in total. The van der Waals surface area contributed by atoms with E-state index < -0.39 is 0 Å². The van der Waals surface area contributed by atoms with E-state index in [1.807, 2.05) is 0 Å². The fourth-order valence-corrected chi connectivity index (χ4v) is 4.70. The Bertz CT molecular complexity index is 423. The minimum atomic E-state index is 0.158. The van der Waals surface area contributed by atoms with Crippen LogP contribution < -0.4 is 10.6 Å². The van der Waals surface area contributed by atoms with Crippen molar-refractivity contribution < 1.29 is 9.59 Å². The topological polar surface area (TPSA) is 58.2 Å². The van der Waals surface area contributed by atoms with E-state index in [-0.39, 0.29) is 11.8 Å². The van der Waals surface area contributed by atoms with Crippen molar-refractivity contribution in [2.45, 2.75) is 104 Å². The Morgan fingerprint density at radius 2 is 1.08 bits per heavy atom. The average Bonchev–Trinajstić information content (AvgIpc) is 2.60. The summed E-state index contributed by atoms with van der Waals surface area (Å²) in [5.74, 6) is 2.85. The van der Waals surface area contributed by atoms with Crippen LogP contribution in [0.15, 0.2) is 0 Å². The van der Waals surface area contributed by atoms with E-state index in [0.29, 0.717) is 48.6 Å². The van der Waals surface area contributed by atoms with Crippen molar-refractivity contribution >= 4 is 11.8 Å². The molecule has 4 heteroatoms. The highest BCUT2D eigenvalue weighted by atomic mass is 16.2. The Kier molecular flexibility index (Phi) is 8.43. The van der Waals surface area contributed by atoms with Crippen molar-refractivity contribution in [3.05, 3.63) is 0 Å². The second kappa shape index (κ2) is 10.3. The van der Waals surface area contributed by atoms with E-state index in [1.165, 1.54) is 25.7 Å². The van der Waals surface area contributed by atoms with Gasteiger partial charge >= 0.3 is 0 Å². The minimum absolute atomic E-state index is 0.158. The zero-order chi connectivity index (χ0) is 19.1. The number of amides is 2. The van der Waals surface area contributed by atoms with Gasteiger partial charge in [-0.25, -0.2) is 0 Å². The molecule has 2 rings (SSSR count). The normalized spacial score (nSPS) is 34.9. The van der Waals surface area contributed by atoms with Crippen LogP contribution >= 0.6 is 0 Å². The number of carbonyl (C=O) groups excluding carboxylic acids is 2. The SMILES string of the molecule is C[C@@H]1[C@H](C)CCC[C@@H]1NC(=O)CCCCC(=O)N[C@@H]1CCC[C@H](C)[C@H]1C. The van der Waals surface area contributed by atoms with E-state index in [4.69, 9.17) is 0 Å². The lowest BCUT2D eigenvalue weighted by molar-refractivity contribution is -0.124. The summed E-state index contributed by atoms with van der Waals surface area (Å²) < 4.78 is 0. The van der Waals surface area contributed by atoms with Gasteiger partial charge in [0.1, 0.15) is 0 Å². The summed E-state index contributed by atoms with van der Waals surface area (Å²) in [5, 5.41) is 6.45. The maximum absolute atomic E-state index is 12.2. The molecule has 6 atom stereocenters. The van der Waals surface area contributed by atoms with Crippen molar-refractivity contribution in [1.29, 1.82) is 0 Å². The maximum atomic E-state index is 12.2. The molecule has 0 aromatic rings. The first-order valence-electron chi connectivity index (χ1n) is 11.0. The van der Waals surface area contributed by atoms with Crippen LogP contribution in [-0.4, -0.2) is 23.9 Å². The summed E-state index contributed by atoms with van der Waals surface area (Å²) >= 11 is 0. The zero-order valence-electron chi connectivity index (χ0n) is 17.4. The smallest absolute Gasteiger partial charge is 0.220 e. The third-order valence-corrected chi connectivity index (χ3v) is 7.16.